The summed E-state index contributed by atoms with van der Waals surface area (Å²) in [5, 5.41) is 27.1. The molecule has 1 heterocycles. The summed E-state index contributed by atoms with van der Waals surface area (Å²) in [7, 11) is -3.97. The highest BCUT2D eigenvalue weighted by molar-refractivity contribution is 7.89. The van der Waals surface area contributed by atoms with Crippen LogP contribution < -0.4 is 15.4 Å². The summed E-state index contributed by atoms with van der Waals surface area (Å²) < 4.78 is 29.3. The van der Waals surface area contributed by atoms with Gasteiger partial charge in [-0.25, -0.2) is 13.1 Å². The predicted octanol–water partition coefficient (Wildman–Crippen LogP) is 3.17. The number of aryl methyl sites for hydroxylation is 1. The zero-order chi connectivity index (χ0) is 27.5. The molecule has 0 aromatic heterocycles. The average molecular weight is 538 g/mol. The van der Waals surface area contributed by atoms with Gasteiger partial charge in [-0.05, 0) is 73.7 Å². The van der Waals surface area contributed by atoms with Crippen LogP contribution in [-0.2, 0) is 22.9 Å². The molecule has 0 unspecified atom stereocenters. The van der Waals surface area contributed by atoms with Crippen LogP contribution in [0.5, 0.6) is 0 Å². The lowest BCUT2D eigenvalue weighted by Gasteiger charge is -2.43. The smallest absolute Gasteiger partial charge is 0.251 e. The first-order valence-electron chi connectivity index (χ1n) is 12.7. The second kappa shape index (κ2) is 11.2. The number of hydrogen-bond donors (Lipinski definition) is 5. The summed E-state index contributed by atoms with van der Waals surface area (Å²) in [6.45, 7) is 5.32. The summed E-state index contributed by atoms with van der Waals surface area (Å²) in [5.74, 6) is -0.404. The molecule has 3 aromatic carbocycles. The van der Waals surface area contributed by atoms with Gasteiger partial charge in [-0.1, -0.05) is 49.4 Å². The van der Waals surface area contributed by atoms with E-state index in [1.165, 1.54) is 0 Å². The lowest BCUT2D eigenvalue weighted by molar-refractivity contribution is 0.0769. The first kappa shape index (κ1) is 27.8. The number of aliphatic hydroxyl groups excluding tert-OH is 2. The van der Waals surface area contributed by atoms with E-state index in [1.807, 2.05) is 37.3 Å². The fourth-order valence-electron chi connectivity index (χ4n) is 4.68. The van der Waals surface area contributed by atoms with Gasteiger partial charge in [-0.3, -0.25) is 4.79 Å². The Morgan fingerprint density at radius 1 is 1.03 bits per heavy atom. The summed E-state index contributed by atoms with van der Waals surface area (Å²) in [4.78, 5) is 13.2. The molecule has 0 fully saturated rings. The van der Waals surface area contributed by atoms with Gasteiger partial charge in [0.15, 0.2) is 0 Å². The van der Waals surface area contributed by atoms with Crippen LogP contribution in [0.25, 0.3) is 0 Å². The normalized spacial score (nSPS) is 19.2. The highest BCUT2D eigenvalue weighted by Gasteiger charge is 2.43. The van der Waals surface area contributed by atoms with Gasteiger partial charge < -0.3 is 20.8 Å². The molecule has 3 atom stereocenters. The number of anilines is 1. The molecule has 1 amide bonds. The van der Waals surface area contributed by atoms with Gasteiger partial charge in [0.25, 0.3) is 5.91 Å². The number of fused-ring (bicyclic) bond motifs is 1. The molecule has 202 valence electrons. The number of rotatable bonds is 9. The fraction of sp³-hybridized carbons (Fsp3) is 0.345. The maximum atomic E-state index is 13.3. The van der Waals surface area contributed by atoms with Crippen molar-refractivity contribution in [2.24, 2.45) is 0 Å². The van der Waals surface area contributed by atoms with Gasteiger partial charge in [-0.15, -0.1) is 0 Å². The number of benzene rings is 3. The van der Waals surface area contributed by atoms with Gasteiger partial charge in [-0.2, -0.15) is 0 Å². The number of amides is 1. The molecular formula is C29H35N3O5S. The molecular weight excluding hydrogens is 502 g/mol. The van der Waals surface area contributed by atoms with Crippen molar-refractivity contribution in [1.29, 1.82) is 0 Å². The van der Waals surface area contributed by atoms with Crippen LogP contribution in [0.4, 0.5) is 5.69 Å². The van der Waals surface area contributed by atoms with E-state index in [2.05, 4.69) is 15.4 Å². The molecule has 0 radical (unpaired) electrons. The Hall–Kier alpha value is -3.24. The second-order valence-electron chi connectivity index (χ2n) is 10.2. The summed E-state index contributed by atoms with van der Waals surface area (Å²) >= 11 is 0. The Morgan fingerprint density at radius 3 is 2.34 bits per heavy atom. The summed E-state index contributed by atoms with van der Waals surface area (Å²) in [6, 6.07) is 19.6. The van der Waals surface area contributed by atoms with Crippen molar-refractivity contribution < 1.29 is 23.4 Å². The Kier molecular flexibility index (Phi) is 8.22. The molecule has 0 saturated carbocycles. The van der Waals surface area contributed by atoms with E-state index in [0.29, 0.717) is 23.2 Å². The number of nitrogens with one attached hydrogen (secondary N) is 3. The van der Waals surface area contributed by atoms with E-state index < -0.39 is 39.7 Å². The number of aliphatic hydroxyl groups is 2. The monoisotopic (exact) mass is 537 g/mol. The van der Waals surface area contributed by atoms with Crippen LogP contribution in [0.1, 0.15) is 53.9 Å². The summed E-state index contributed by atoms with van der Waals surface area (Å²) in [6.07, 6.45) is 0.124. The molecule has 0 aliphatic carbocycles. The quantitative estimate of drug-likeness (QED) is 0.285. The van der Waals surface area contributed by atoms with Crippen molar-refractivity contribution in [1.82, 2.24) is 10.0 Å². The number of sulfonamides is 1. The SMILES string of the molecule is CCc1ccc(S(=O)(=O)N[C@@H]2c3cc(C(=O)N[C@@H](CO)Cc4ccccc4)ccc3NC(C)(C)[C@H]2O)cc1. The molecule has 0 saturated heterocycles. The van der Waals surface area contributed by atoms with E-state index in [-0.39, 0.29) is 11.5 Å². The van der Waals surface area contributed by atoms with Gasteiger partial charge in [0.2, 0.25) is 10.0 Å². The van der Waals surface area contributed by atoms with Crippen molar-refractivity contribution in [3.63, 3.8) is 0 Å². The Bertz CT molecular complexity index is 1380. The molecule has 4 rings (SSSR count). The minimum atomic E-state index is -3.97. The first-order valence-corrected chi connectivity index (χ1v) is 14.2. The van der Waals surface area contributed by atoms with Gasteiger partial charge in [0.05, 0.1) is 35.2 Å². The molecule has 38 heavy (non-hydrogen) atoms. The Morgan fingerprint density at radius 2 is 1.71 bits per heavy atom. The number of hydrogen-bond acceptors (Lipinski definition) is 6. The van der Waals surface area contributed by atoms with E-state index in [1.54, 1.807) is 56.3 Å². The van der Waals surface area contributed by atoms with Gasteiger partial charge in [0.1, 0.15) is 0 Å². The van der Waals surface area contributed by atoms with Crippen molar-refractivity contribution in [2.75, 3.05) is 11.9 Å². The molecule has 0 bridgehead atoms. The largest absolute Gasteiger partial charge is 0.394 e. The van der Waals surface area contributed by atoms with Crippen LogP contribution in [0.3, 0.4) is 0 Å². The summed E-state index contributed by atoms with van der Waals surface area (Å²) in [5.41, 5.74) is 2.53. The minimum absolute atomic E-state index is 0.0976. The van der Waals surface area contributed by atoms with Crippen LogP contribution in [0.15, 0.2) is 77.7 Å². The molecule has 8 nitrogen and oxygen atoms in total. The standard InChI is InChI=1S/C29H35N3O5S/c1-4-19-10-13-23(14-11-19)38(36,37)32-26-24-17-21(12-15-25(24)31-29(2,3)27(26)34)28(35)30-22(18-33)16-20-8-6-5-7-9-20/h5-15,17,22,26-27,31-34H,4,16,18H2,1-3H3,(H,30,35)/t22-,26-,27+/m1/s1. The second-order valence-corrected chi connectivity index (χ2v) is 11.9. The maximum absolute atomic E-state index is 13.3. The minimum Gasteiger partial charge on any atom is -0.394 e. The van der Waals surface area contributed by atoms with Gasteiger partial charge in [0, 0.05) is 11.3 Å². The van der Waals surface area contributed by atoms with E-state index in [4.69, 9.17) is 0 Å². The van der Waals surface area contributed by atoms with Crippen molar-refractivity contribution in [2.45, 2.75) is 62.2 Å². The predicted molar refractivity (Wildman–Crippen MR) is 148 cm³/mol. The van der Waals surface area contributed by atoms with Crippen molar-refractivity contribution in [3.8, 4) is 0 Å². The first-order chi connectivity index (χ1) is 18.0. The Balaban J connectivity index is 1.61. The number of carbonyl (C=O) groups excluding carboxylic acids is 1. The van der Waals surface area contributed by atoms with Crippen molar-refractivity contribution >= 4 is 21.6 Å². The molecule has 0 spiro atoms. The maximum Gasteiger partial charge on any atom is 0.251 e. The number of carbonyl (C=O) groups is 1. The molecule has 3 aromatic rings. The van der Waals surface area contributed by atoms with Crippen LogP contribution in [-0.4, -0.2) is 48.8 Å². The zero-order valence-electron chi connectivity index (χ0n) is 21.8. The van der Waals surface area contributed by atoms with E-state index in [9.17, 15) is 23.4 Å². The average Bonchev–Trinajstić information content (AvgIpc) is 2.91. The third-order valence-electron chi connectivity index (χ3n) is 6.97. The molecule has 1 aliphatic heterocycles. The third kappa shape index (κ3) is 6.07. The van der Waals surface area contributed by atoms with E-state index >= 15 is 0 Å². The molecule has 9 heteroatoms. The van der Waals surface area contributed by atoms with Crippen LogP contribution in [0.2, 0.25) is 0 Å². The Labute approximate surface area is 224 Å². The van der Waals surface area contributed by atoms with Crippen LogP contribution >= 0.6 is 0 Å². The molecule has 5 N–H and O–H groups in total. The fourth-order valence-corrected chi connectivity index (χ4v) is 5.90. The third-order valence-corrected chi connectivity index (χ3v) is 8.42. The zero-order valence-corrected chi connectivity index (χ0v) is 22.6. The molecule has 1 aliphatic rings. The van der Waals surface area contributed by atoms with E-state index in [0.717, 1.165) is 17.5 Å². The topological polar surface area (TPSA) is 128 Å². The highest BCUT2D eigenvalue weighted by Crippen LogP contribution is 2.39. The van der Waals surface area contributed by atoms with Crippen LogP contribution in [0, 0.1) is 0 Å². The lowest BCUT2D eigenvalue weighted by atomic mass is 9.82. The lowest BCUT2D eigenvalue weighted by Crippen LogP contribution is -2.54. The van der Waals surface area contributed by atoms with Crippen molar-refractivity contribution in [3.05, 3.63) is 95.1 Å². The van der Waals surface area contributed by atoms with Gasteiger partial charge >= 0.3 is 0 Å². The highest BCUT2D eigenvalue weighted by atomic mass is 32.2.